The molecule has 0 saturated carbocycles. The van der Waals surface area contributed by atoms with Crippen molar-refractivity contribution in [2.75, 3.05) is 13.1 Å². The van der Waals surface area contributed by atoms with Crippen molar-refractivity contribution in [2.45, 2.75) is 46.7 Å². The molecule has 150 valence electrons. The van der Waals surface area contributed by atoms with Crippen LogP contribution in [0.1, 0.15) is 39.0 Å². The number of carbonyl (C=O) groups excluding carboxylic acids is 1. The van der Waals surface area contributed by atoms with E-state index in [0.717, 1.165) is 10.9 Å². The van der Waals surface area contributed by atoms with Gasteiger partial charge < -0.3 is 20.4 Å². The topological polar surface area (TPSA) is 78.7 Å². The number of rotatable bonds is 5. The molecule has 27 heavy (non-hydrogen) atoms. The molecule has 0 aliphatic rings. The number of fused-ring (bicyclic) bond motifs is 1. The first-order chi connectivity index (χ1) is 12.2. The number of nitrogens with one attached hydrogen (secondary N) is 3. The molecule has 0 spiro atoms. The molecule has 1 heterocycles. The molecule has 0 radical (unpaired) electrons. The van der Waals surface area contributed by atoms with E-state index >= 15 is 0 Å². The Morgan fingerprint density at radius 1 is 1.26 bits per heavy atom. The first-order valence-corrected chi connectivity index (χ1v) is 8.70. The van der Waals surface area contributed by atoms with Gasteiger partial charge in [0.15, 0.2) is 5.96 Å². The van der Waals surface area contributed by atoms with Crippen molar-refractivity contribution in [1.82, 2.24) is 16.0 Å². The lowest BCUT2D eigenvalue weighted by Gasteiger charge is -2.20. The second kappa shape index (κ2) is 9.91. The summed E-state index contributed by atoms with van der Waals surface area (Å²) in [4.78, 5) is 16.2. The smallest absolute Gasteiger partial charge is 0.242 e. The van der Waals surface area contributed by atoms with Crippen LogP contribution in [-0.2, 0) is 11.3 Å². The summed E-state index contributed by atoms with van der Waals surface area (Å²) in [5.41, 5.74) is 1.24. The summed E-state index contributed by atoms with van der Waals surface area (Å²) in [6.07, 6.45) is 0. The van der Waals surface area contributed by atoms with Crippen LogP contribution in [0, 0.1) is 12.7 Å². The van der Waals surface area contributed by atoms with Gasteiger partial charge in [-0.05, 0) is 52.8 Å². The zero-order valence-electron chi connectivity index (χ0n) is 16.4. The van der Waals surface area contributed by atoms with E-state index in [1.807, 2.05) is 34.6 Å². The molecular weight excluding hydrogens is 462 g/mol. The summed E-state index contributed by atoms with van der Waals surface area (Å²) in [5.74, 6) is 0.781. The quantitative estimate of drug-likeness (QED) is 0.341. The molecule has 0 bridgehead atoms. The SMILES string of the molecule is CCNC(=NCC(=O)NC(C)(C)C)NCc1oc2ccc(F)cc2c1C.I. The molecule has 2 aromatic rings. The van der Waals surface area contributed by atoms with Crippen LogP contribution < -0.4 is 16.0 Å². The number of amides is 1. The summed E-state index contributed by atoms with van der Waals surface area (Å²) in [6, 6.07) is 4.47. The monoisotopic (exact) mass is 490 g/mol. The number of guanidine groups is 1. The number of aliphatic imine (C=N–C) groups is 1. The molecule has 0 fully saturated rings. The van der Waals surface area contributed by atoms with E-state index in [1.165, 1.54) is 12.1 Å². The van der Waals surface area contributed by atoms with Gasteiger partial charge in [0.05, 0.1) is 6.54 Å². The molecule has 6 nitrogen and oxygen atoms in total. The molecule has 0 atom stereocenters. The van der Waals surface area contributed by atoms with Gasteiger partial charge in [0.25, 0.3) is 0 Å². The number of carbonyl (C=O) groups is 1. The van der Waals surface area contributed by atoms with Crippen molar-refractivity contribution in [3.05, 3.63) is 35.3 Å². The van der Waals surface area contributed by atoms with E-state index in [4.69, 9.17) is 4.42 Å². The van der Waals surface area contributed by atoms with E-state index in [1.54, 1.807) is 6.07 Å². The van der Waals surface area contributed by atoms with Crippen LogP contribution in [0.15, 0.2) is 27.6 Å². The number of hydrogen-bond donors (Lipinski definition) is 3. The molecule has 8 heteroatoms. The first-order valence-electron chi connectivity index (χ1n) is 8.70. The summed E-state index contributed by atoms with van der Waals surface area (Å²) < 4.78 is 19.2. The fourth-order valence-corrected chi connectivity index (χ4v) is 2.53. The Hall–Kier alpha value is -1.84. The Kier molecular flexibility index (Phi) is 8.52. The third kappa shape index (κ3) is 7.00. The lowest BCUT2D eigenvalue weighted by Crippen LogP contribution is -2.43. The predicted octanol–water partition coefficient (Wildman–Crippen LogP) is 3.47. The first kappa shape index (κ1) is 23.2. The Morgan fingerprint density at radius 2 is 1.96 bits per heavy atom. The number of halogens is 2. The summed E-state index contributed by atoms with van der Waals surface area (Å²) in [6.45, 7) is 10.7. The summed E-state index contributed by atoms with van der Waals surface area (Å²) >= 11 is 0. The number of hydrogen-bond acceptors (Lipinski definition) is 3. The average molecular weight is 490 g/mol. The molecule has 1 aromatic carbocycles. The van der Waals surface area contributed by atoms with Gasteiger partial charge >= 0.3 is 0 Å². The van der Waals surface area contributed by atoms with E-state index in [9.17, 15) is 9.18 Å². The minimum absolute atomic E-state index is 0. The van der Waals surface area contributed by atoms with Crippen LogP contribution in [0.5, 0.6) is 0 Å². The number of aryl methyl sites for hydroxylation is 1. The summed E-state index contributed by atoms with van der Waals surface area (Å²) in [5, 5.41) is 9.86. The zero-order valence-corrected chi connectivity index (χ0v) is 18.7. The van der Waals surface area contributed by atoms with Crippen molar-refractivity contribution >= 4 is 46.8 Å². The van der Waals surface area contributed by atoms with Gasteiger partial charge in [-0.25, -0.2) is 9.38 Å². The highest BCUT2D eigenvalue weighted by Crippen LogP contribution is 2.25. The normalized spacial score (nSPS) is 11.9. The van der Waals surface area contributed by atoms with Gasteiger partial charge in [-0.3, -0.25) is 4.79 Å². The van der Waals surface area contributed by atoms with Crippen molar-refractivity contribution in [1.29, 1.82) is 0 Å². The Labute approximate surface area is 176 Å². The summed E-state index contributed by atoms with van der Waals surface area (Å²) in [7, 11) is 0. The van der Waals surface area contributed by atoms with Crippen LogP contribution in [0.3, 0.4) is 0 Å². The molecule has 0 aliphatic carbocycles. The highest BCUT2D eigenvalue weighted by atomic mass is 127. The van der Waals surface area contributed by atoms with Gasteiger partial charge in [-0.15, -0.1) is 24.0 Å². The van der Waals surface area contributed by atoms with Crippen LogP contribution in [0.2, 0.25) is 0 Å². The van der Waals surface area contributed by atoms with E-state index in [2.05, 4.69) is 20.9 Å². The maximum atomic E-state index is 13.4. The van der Waals surface area contributed by atoms with Crippen molar-refractivity contribution in [3.63, 3.8) is 0 Å². The number of furan rings is 1. The molecule has 0 saturated heterocycles. The maximum Gasteiger partial charge on any atom is 0.242 e. The van der Waals surface area contributed by atoms with Crippen molar-refractivity contribution < 1.29 is 13.6 Å². The van der Waals surface area contributed by atoms with E-state index in [0.29, 0.717) is 30.4 Å². The van der Waals surface area contributed by atoms with E-state index in [-0.39, 0.29) is 47.8 Å². The minimum Gasteiger partial charge on any atom is -0.459 e. The van der Waals surface area contributed by atoms with E-state index < -0.39 is 0 Å². The van der Waals surface area contributed by atoms with Crippen LogP contribution >= 0.6 is 24.0 Å². The Morgan fingerprint density at radius 3 is 2.59 bits per heavy atom. The van der Waals surface area contributed by atoms with Crippen molar-refractivity contribution in [2.24, 2.45) is 4.99 Å². The second-order valence-corrected chi connectivity index (χ2v) is 7.14. The van der Waals surface area contributed by atoms with Gasteiger partial charge in [0.2, 0.25) is 5.91 Å². The fourth-order valence-electron chi connectivity index (χ4n) is 2.53. The lowest BCUT2D eigenvalue weighted by molar-refractivity contribution is -0.121. The Bertz CT molecular complexity index is 812. The van der Waals surface area contributed by atoms with Gasteiger partial charge in [-0.2, -0.15) is 0 Å². The third-order valence-corrected chi connectivity index (χ3v) is 3.65. The van der Waals surface area contributed by atoms with Crippen LogP contribution in [0.4, 0.5) is 4.39 Å². The highest BCUT2D eigenvalue weighted by molar-refractivity contribution is 14.0. The molecule has 1 amide bonds. The molecule has 3 N–H and O–H groups in total. The van der Waals surface area contributed by atoms with Gasteiger partial charge in [0, 0.05) is 23.0 Å². The van der Waals surface area contributed by atoms with Gasteiger partial charge in [0.1, 0.15) is 23.7 Å². The zero-order chi connectivity index (χ0) is 19.3. The standard InChI is InChI=1S/C19H27FN4O2.HI/c1-6-21-18(23-11-17(25)24-19(3,4)5)22-10-16-12(2)14-9-13(20)7-8-15(14)26-16;/h7-9H,6,10-11H2,1-5H3,(H,24,25)(H2,21,22,23);1H. The second-order valence-electron chi connectivity index (χ2n) is 7.14. The molecular formula is C19H28FIN4O2. The lowest BCUT2D eigenvalue weighted by atomic mass is 10.1. The highest BCUT2D eigenvalue weighted by Gasteiger charge is 2.14. The Balaban J connectivity index is 0.00000364. The molecule has 0 unspecified atom stereocenters. The number of benzene rings is 1. The van der Waals surface area contributed by atoms with Gasteiger partial charge in [-0.1, -0.05) is 0 Å². The third-order valence-electron chi connectivity index (χ3n) is 3.65. The maximum absolute atomic E-state index is 13.4. The molecule has 0 aliphatic heterocycles. The largest absolute Gasteiger partial charge is 0.459 e. The van der Waals surface area contributed by atoms with Crippen molar-refractivity contribution in [3.8, 4) is 0 Å². The fraction of sp³-hybridized carbons (Fsp3) is 0.474. The molecule has 2 rings (SSSR count). The predicted molar refractivity (Wildman–Crippen MR) is 117 cm³/mol. The average Bonchev–Trinajstić information content (AvgIpc) is 2.84. The minimum atomic E-state index is -0.293. The van der Waals surface area contributed by atoms with Crippen LogP contribution in [-0.4, -0.2) is 30.5 Å². The van der Waals surface area contributed by atoms with Crippen LogP contribution in [0.25, 0.3) is 11.0 Å². The molecule has 1 aromatic heterocycles. The number of nitrogens with zero attached hydrogens (tertiary/aromatic N) is 1.